The lowest BCUT2D eigenvalue weighted by Crippen LogP contribution is -2.44. The van der Waals surface area contributed by atoms with Gasteiger partial charge in [-0.15, -0.1) is 0 Å². The summed E-state index contributed by atoms with van der Waals surface area (Å²) >= 11 is 3.46. The van der Waals surface area contributed by atoms with Crippen molar-refractivity contribution in [3.63, 3.8) is 0 Å². The first-order valence-electron chi connectivity index (χ1n) is 7.46. The van der Waals surface area contributed by atoms with E-state index >= 15 is 0 Å². The molecule has 0 bridgehead atoms. The van der Waals surface area contributed by atoms with Gasteiger partial charge in [0.25, 0.3) is 0 Å². The summed E-state index contributed by atoms with van der Waals surface area (Å²) in [5, 5.41) is 5.68. The Morgan fingerprint density at radius 1 is 1.18 bits per heavy atom. The Bertz CT molecular complexity index is 558. The highest BCUT2D eigenvalue weighted by Crippen LogP contribution is 2.26. The second-order valence-electron chi connectivity index (χ2n) is 5.72. The number of hydrogen-bond donors (Lipinski definition) is 2. The molecule has 0 atom stereocenters. The van der Waals surface area contributed by atoms with E-state index in [9.17, 15) is 9.59 Å². The Morgan fingerprint density at radius 2 is 1.73 bits per heavy atom. The Balaban J connectivity index is 1.98. The van der Waals surface area contributed by atoms with Crippen molar-refractivity contribution in [3.8, 4) is 0 Å². The average molecular weight is 368 g/mol. The highest BCUT2D eigenvalue weighted by atomic mass is 79.9. The Morgan fingerprint density at radius 3 is 2.23 bits per heavy atom. The number of benzene rings is 1. The maximum Gasteiger partial charge on any atom is 0.321 e. The average Bonchev–Trinajstić information content (AvgIpc) is 2.50. The van der Waals surface area contributed by atoms with E-state index < -0.39 is 0 Å². The van der Waals surface area contributed by atoms with E-state index in [0.717, 1.165) is 21.3 Å². The van der Waals surface area contributed by atoms with Crippen molar-refractivity contribution in [2.24, 2.45) is 5.92 Å². The van der Waals surface area contributed by atoms with Crippen LogP contribution in [0.4, 0.5) is 10.5 Å². The molecule has 1 aliphatic heterocycles. The summed E-state index contributed by atoms with van der Waals surface area (Å²) in [6.45, 7) is 5.17. The molecule has 3 amide bonds. The molecular formula is C16H22BrN3O2. The van der Waals surface area contributed by atoms with Gasteiger partial charge in [0.2, 0.25) is 5.91 Å². The summed E-state index contributed by atoms with van der Waals surface area (Å²) < 4.78 is 1.01. The molecular weight excluding hydrogens is 346 g/mol. The molecule has 0 radical (unpaired) electrons. The minimum Gasteiger partial charge on any atom is -0.359 e. The summed E-state index contributed by atoms with van der Waals surface area (Å²) in [7, 11) is 1.65. The van der Waals surface area contributed by atoms with E-state index in [1.165, 1.54) is 0 Å². The number of halogens is 1. The number of aryl methyl sites for hydroxylation is 2. The number of piperidine rings is 1. The van der Waals surface area contributed by atoms with Crippen molar-refractivity contribution in [2.75, 3.05) is 25.5 Å². The molecule has 1 aromatic rings. The zero-order chi connectivity index (χ0) is 16.3. The first kappa shape index (κ1) is 16.8. The van der Waals surface area contributed by atoms with Crippen LogP contribution in [0.3, 0.4) is 0 Å². The van der Waals surface area contributed by atoms with Gasteiger partial charge in [0.1, 0.15) is 0 Å². The molecule has 0 spiro atoms. The molecule has 1 fully saturated rings. The lowest BCUT2D eigenvalue weighted by atomic mass is 9.96. The third kappa shape index (κ3) is 3.80. The Labute approximate surface area is 139 Å². The fourth-order valence-electron chi connectivity index (χ4n) is 2.84. The topological polar surface area (TPSA) is 61.4 Å². The number of rotatable bonds is 2. The van der Waals surface area contributed by atoms with Crippen LogP contribution < -0.4 is 10.6 Å². The third-order valence-corrected chi connectivity index (χ3v) is 4.59. The minimum absolute atomic E-state index is 0.0187. The number of anilines is 1. The molecule has 6 heteroatoms. The summed E-state index contributed by atoms with van der Waals surface area (Å²) in [5.74, 6) is 0.0878. The summed E-state index contributed by atoms with van der Waals surface area (Å²) in [5.41, 5.74) is 2.92. The van der Waals surface area contributed by atoms with E-state index in [1.54, 1.807) is 11.9 Å². The van der Waals surface area contributed by atoms with E-state index in [1.807, 2.05) is 26.0 Å². The zero-order valence-corrected chi connectivity index (χ0v) is 14.8. The number of amides is 3. The summed E-state index contributed by atoms with van der Waals surface area (Å²) in [4.78, 5) is 25.8. The van der Waals surface area contributed by atoms with Gasteiger partial charge in [-0.2, -0.15) is 0 Å². The minimum atomic E-state index is -0.0936. The van der Waals surface area contributed by atoms with Gasteiger partial charge < -0.3 is 15.5 Å². The van der Waals surface area contributed by atoms with Crippen molar-refractivity contribution in [2.45, 2.75) is 26.7 Å². The smallest absolute Gasteiger partial charge is 0.321 e. The predicted molar refractivity (Wildman–Crippen MR) is 91.0 cm³/mol. The first-order valence-corrected chi connectivity index (χ1v) is 8.26. The number of nitrogens with zero attached hydrogens (tertiary/aromatic N) is 1. The molecule has 2 rings (SSSR count). The number of hydrogen-bond acceptors (Lipinski definition) is 2. The van der Waals surface area contributed by atoms with Gasteiger partial charge in [0, 0.05) is 36.2 Å². The van der Waals surface area contributed by atoms with Gasteiger partial charge >= 0.3 is 6.03 Å². The van der Waals surface area contributed by atoms with Gasteiger partial charge in [0.05, 0.1) is 0 Å². The SMILES string of the molecule is CNC(=O)C1CCN(C(=O)Nc2c(C)cc(Br)cc2C)CC1. The van der Waals surface area contributed by atoms with Crippen LogP contribution in [-0.2, 0) is 4.79 Å². The summed E-state index contributed by atoms with van der Waals surface area (Å²) in [6, 6.07) is 3.88. The van der Waals surface area contributed by atoms with E-state index in [2.05, 4.69) is 26.6 Å². The van der Waals surface area contributed by atoms with Crippen molar-refractivity contribution < 1.29 is 9.59 Å². The van der Waals surface area contributed by atoms with Crippen molar-refractivity contribution in [3.05, 3.63) is 27.7 Å². The molecule has 0 unspecified atom stereocenters. The number of likely N-dealkylation sites (tertiary alicyclic amines) is 1. The lowest BCUT2D eigenvalue weighted by molar-refractivity contribution is -0.125. The van der Waals surface area contributed by atoms with E-state index in [0.29, 0.717) is 25.9 Å². The van der Waals surface area contributed by atoms with Crippen LogP contribution in [0.2, 0.25) is 0 Å². The molecule has 0 saturated carbocycles. The largest absolute Gasteiger partial charge is 0.359 e. The van der Waals surface area contributed by atoms with Gasteiger partial charge in [-0.05, 0) is 49.9 Å². The van der Waals surface area contributed by atoms with Crippen LogP contribution in [0.1, 0.15) is 24.0 Å². The highest BCUT2D eigenvalue weighted by molar-refractivity contribution is 9.10. The first-order chi connectivity index (χ1) is 10.4. The molecule has 1 saturated heterocycles. The second-order valence-corrected chi connectivity index (χ2v) is 6.64. The normalized spacial score (nSPS) is 15.5. The van der Waals surface area contributed by atoms with Gasteiger partial charge in [-0.3, -0.25) is 4.79 Å². The number of nitrogens with one attached hydrogen (secondary N) is 2. The van der Waals surface area contributed by atoms with E-state index in [-0.39, 0.29) is 17.9 Å². The highest BCUT2D eigenvalue weighted by Gasteiger charge is 2.27. The number of carbonyl (C=O) groups is 2. The standard InChI is InChI=1S/C16H22BrN3O2/c1-10-8-13(17)9-11(2)14(10)19-16(22)20-6-4-12(5-7-20)15(21)18-3/h8-9,12H,4-7H2,1-3H3,(H,18,21)(H,19,22). The molecule has 120 valence electrons. The molecule has 5 nitrogen and oxygen atoms in total. The Hall–Kier alpha value is -1.56. The molecule has 1 aromatic carbocycles. The molecule has 0 aliphatic carbocycles. The number of urea groups is 1. The van der Waals surface area contributed by atoms with Crippen LogP contribution in [0.15, 0.2) is 16.6 Å². The number of carbonyl (C=O) groups excluding carboxylic acids is 2. The molecule has 2 N–H and O–H groups in total. The van der Waals surface area contributed by atoms with Crippen LogP contribution >= 0.6 is 15.9 Å². The maximum absolute atomic E-state index is 12.4. The predicted octanol–water partition coefficient (Wildman–Crippen LogP) is 3.06. The van der Waals surface area contributed by atoms with Crippen LogP contribution in [0.5, 0.6) is 0 Å². The quantitative estimate of drug-likeness (QED) is 0.843. The van der Waals surface area contributed by atoms with Crippen LogP contribution in [-0.4, -0.2) is 37.0 Å². The van der Waals surface area contributed by atoms with Crippen molar-refractivity contribution in [1.29, 1.82) is 0 Å². The summed E-state index contributed by atoms with van der Waals surface area (Å²) in [6.07, 6.45) is 1.43. The maximum atomic E-state index is 12.4. The fraction of sp³-hybridized carbons (Fsp3) is 0.500. The van der Waals surface area contributed by atoms with Crippen molar-refractivity contribution >= 4 is 33.6 Å². The molecule has 1 heterocycles. The van der Waals surface area contributed by atoms with Crippen LogP contribution in [0.25, 0.3) is 0 Å². The van der Waals surface area contributed by atoms with Crippen LogP contribution in [0, 0.1) is 19.8 Å². The van der Waals surface area contributed by atoms with Gasteiger partial charge in [-0.1, -0.05) is 15.9 Å². The van der Waals surface area contributed by atoms with E-state index in [4.69, 9.17) is 0 Å². The monoisotopic (exact) mass is 367 g/mol. The van der Waals surface area contributed by atoms with Gasteiger partial charge in [-0.25, -0.2) is 4.79 Å². The Kier molecular flexibility index (Phi) is 5.45. The molecule has 22 heavy (non-hydrogen) atoms. The van der Waals surface area contributed by atoms with Crippen molar-refractivity contribution in [1.82, 2.24) is 10.2 Å². The second kappa shape index (κ2) is 7.13. The molecule has 0 aromatic heterocycles. The lowest BCUT2D eigenvalue weighted by Gasteiger charge is -2.31. The van der Waals surface area contributed by atoms with Gasteiger partial charge in [0.15, 0.2) is 0 Å². The fourth-order valence-corrected chi connectivity index (χ4v) is 3.53. The molecule has 1 aliphatic rings. The zero-order valence-electron chi connectivity index (χ0n) is 13.2. The third-order valence-electron chi connectivity index (χ3n) is 4.13.